The number of hydrogen-bond acceptors (Lipinski definition) is 6. The number of hydrogen-bond donors (Lipinski definition) is 4. The highest BCUT2D eigenvalue weighted by atomic mass is 16.4. The number of nitrogens with zero attached hydrogens (tertiary/aromatic N) is 4. The summed E-state index contributed by atoms with van der Waals surface area (Å²) in [7, 11) is 0. The molecule has 3 heterocycles. The van der Waals surface area contributed by atoms with Crippen LogP contribution in [0.25, 0.3) is 16.8 Å². The lowest BCUT2D eigenvalue weighted by molar-refractivity contribution is 0.0925. The van der Waals surface area contributed by atoms with E-state index in [1.165, 1.54) is 6.33 Å². The number of carbonyl (C=O) groups is 2. The van der Waals surface area contributed by atoms with Gasteiger partial charge in [0.2, 0.25) is 0 Å². The fourth-order valence-electron chi connectivity index (χ4n) is 3.79. The van der Waals surface area contributed by atoms with Gasteiger partial charge in [0.1, 0.15) is 11.8 Å². The maximum absolute atomic E-state index is 13.0. The molecule has 1 aliphatic carbocycles. The zero-order valence-electron chi connectivity index (χ0n) is 15.6. The summed E-state index contributed by atoms with van der Waals surface area (Å²) in [5.74, 6) is -0.0289. The minimum Gasteiger partial charge on any atom is -0.465 e. The third-order valence-corrected chi connectivity index (χ3v) is 5.19. The number of amides is 2. The molecule has 1 aliphatic rings. The van der Waals surface area contributed by atoms with E-state index in [-0.39, 0.29) is 23.8 Å². The Morgan fingerprint density at radius 3 is 2.41 bits per heavy atom. The molecule has 29 heavy (non-hydrogen) atoms. The van der Waals surface area contributed by atoms with Gasteiger partial charge in [-0.25, -0.2) is 14.3 Å². The van der Waals surface area contributed by atoms with Crippen LogP contribution in [0.3, 0.4) is 0 Å². The van der Waals surface area contributed by atoms with Crippen LogP contribution in [0.15, 0.2) is 36.9 Å². The van der Waals surface area contributed by atoms with Crippen LogP contribution < -0.4 is 16.4 Å². The molecule has 3 aromatic rings. The largest absolute Gasteiger partial charge is 0.465 e. The first kappa shape index (κ1) is 18.7. The Bertz CT molecular complexity index is 1040. The second-order valence-corrected chi connectivity index (χ2v) is 7.06. The van der Waals surface area contributed by atoms with Crippen molar-refractivity contribution in [1.29, 1.82) is 0 Å². The maximum atomic E-state index is 13.0. The zero-order valence-corrected chi connectivity index (χ0v) is 15.6. The van der Waals surface area contributed by atoms with Crippen LogP contribution in [0.5, 0.6) is 0 Å². The number of anilines is 1. The zero-order chi connectivity index (χ0) is 20.4. The molecule has 0 saturated heterocycles. The smallest absolute Gasteiger partial charge is 0.404 e. The fraction of sp³-hybridized carbons (Fsp3) is 0.316. The van der Waals surface area contributed by atoms with Gasteiger partial charge in [-0.2, -0.15) is 5.10 Å². The first-order valence-corrected chi connectivity index (χ1v) is 9.36. The third kappa shape index (κ3) is 3.82. The molecule has 3 aromatic heterocycles. The van der Waals surface area contributed by atoms with Crippen molar-refractivity contribution in [2.75, 3.05) is 5.73 Å². The summed E-state index contributed by atoms with van der Waals surface area (Å²) in [5.41, 5.74) is 8.49. The summed E-state index contributed by atoms with van der Waals surface area (Å²) in [4.78, 5) is 31.9. The normalized spacial score (nSPS) is 19.0. The quantitative estimate of drug-likeness (QED) is 0.525. The van der Waals surface area contributed by atoms with Crippen molar-refractivity contribution in [2.24, 2.45) is 0 Å². The van der Waals surface area contributed by atoms with Crippen LogP contribution in [0.2, 0.25) is 0 Å². The molecule has 0 aromatic carbocycles. The predicted octanol–water partition coefficient (Wildman–Crippen LogP) is 1.68. The molecular weight excluding hydrogens is 374 g/mol. The van der Waals surface area contributed by atoms with Crippen LogP contribution >= 0.6 is 0 Å². The molecule has 10 heteroatoms. The van der Waals surface area contributed by atoms with E-state index in [0.29, 0.717) is 36.8 Å². The fourth-order valence-corrected chi connectivity index (χ4v) is 3.79. The molecule has 10 nitrogen and oxygen atoms in total. The topological polar surface area (TPSA) is 148 Å². The van der Waals surface area contributed by atoms with Crippen molar-refractivity contribution in [3.63, 3.8) is 0 Å². The number of pyridine rings is 1. The minimum atomic E-state index is -1.02. The van der Waals surface area contributed by atoms with E-state index in [2.05, 4.69) is 25.7 Å². The highest BCUT2D eigenvalue weighted by Gasteiger charge is 2.26. The van der Waals surface area contributed by atoms with Crippen LogP contribution in [0.1, 0.15) is 36.0 Å². The van der Waals surface area contributed by atoms with Crippen molar-refractivity contribution in [3.8, 4) is 11.3 Å². The number of rotatable bonds is 4. The van der Waals surface area contributed by atoms with Gasteiger partial charge in [-0.3, -0.25) is 9.78 Å². The summed E-state index contributed by atoms with van der Waals surface area (Å²) in [6, 6.07) is 5.32. The molecule has 0 atom stereocenters. The number of nitrogens with two attached hydrogens (primary N) is 1. The van der Waals surface area contributed by atoms with Gasteiger partial charge in [0.15, 0.2) is 5.82 Å². The molecule has 0 unspecified atom stereocenters. The standard InChI is InChI=1S/C19H21N7O3/c20-17-16-14(18(27)24-12-1-3-13(4-2-12)25-19(28)29)9-15(26(16)23-10-22-17)11-5-7-21-8-6-11/h5-10,12-13,25H,1-4H2,(H,24,27)(H,28,29)(H2,20,22,23)/t12-,13-. The Hall–Kier alpha value is -3.69. The highest BCUT2D eigenvalue weighted by molar-refractivity contribution is 6.05. The summed E-state index contributed by atoms with van der Waals surface area (Å²) in [5, 5.41) is 18.6. The molecule has 1 fully saturated rings. The number of nitrogen functional groups attached to an aromatic ring is 1. The Kier molecular flexibility index (Phi) is 4.98. The van der Waals surface area contributed by atoms with E-state index in [1.54, 1.807) is 23.0 Å². The first-order valence-electron chi connectivity index (χ1n) is 9.36. The van der Waals surface area contributed by atoms with Crippen LogP contribution in [-0.4, -0.2) is 48.8 Å². The Labute approximate surface area is 166 Å². The van der Waals surface area contributed by atoms with Crippen molar-refractivity contribution in [1.82, 2.24) is 30.2 Å². The second-order valence-electron chi connectivity index (χ2n) is 7.06. The predicted molar refractivity (Wildman–Crippen MR) is 105 cm³/mol. The minimum absolute atomic E-state index is 0.0282. The molecule has 0 aliphatic heterocycles. The lowest BCUT2D eigenvalue weighted by atomic mass is 9.91. The van der Waals surface area contributed by atoms with Gasteiger partial charge >= 0.3 is 6.09 Å². The van der Waals surface area contributed by atoms with Gasteiger partial charge in [0.05, 0.1) is 11.3 Å². The van der Waals surface area contributed by atoms with E-state index in [9.17, 15) is 9.59 Å². The number of carbonyl (C=O) groups excluding carboxylic acids is 1. The van der Waals surface area contributed by atoms with Gasteiger partial charge in [-0.1, -0.05) is 0 Å². The van der Waals surface area contributed by atoms with E-state index in [0.717, 1.165) is 11.3 Å². The highest BCUT2D eigenvalue weighted by Crippen LogP contribution is 2.28. The average Bonchev–Trinajstić information content (AvgIpc) is 3.11. The van der Waals surface area contributed by atoms with Crippen LogP contribution in [0, 0.1) is 0 Å². The van der Waals surface area contributed by atoms with Gasteiger partial charge < -0.3 is 21.5 Å². The first-order chi connectivity index (χ1) is 14.0. The van der Waals surface area contributed by atoms with Gasteiger partial charge in [0.25, 0.3) is 5.91 Å². The third-order valence-electron chi connectivity index (χ3n) is 5.19. The molecule has 0 bridgehead atoms. The molecule has 4 rings (SSSR count). The molecule has 0 radical (unpaired) electrons. The van der Waals surface area contributed by atoms with E-state index in [4.69, 9.17) is 10.8 Å². The van der Waals surface area contributed by atoms with E-state index >= 15 is 0 Å². The summed E-state index contributed by atoms with van der Waals surface area (Å²) < 4.78 is 1.61. The van der Waals surface area contributed by atoms with E-state index < -0.39 is 6.09 Å². The van der Waals surface area contributed by atoms with E-state index in [1.807, 2.05) is 12.1 Å². The molecule has 150 valence electrons. The SMILES string of the molecule is Nc1ncnn2c(-c3ccncc3)cc(C(=O)N[C@H]3CC[C@H](NC(=O)O)CC3)c12. The van der Waals surface area contributed by atoms with Gasteiger partial charge in [0, 0.05) is 30.0 Å². The second kappa shape index (κ2) is 7.74. The Morgan fingerprint density at radius 2 is 1.76 bits per heavy atom. The molecule has 5 N–H and O–H groups in total. The number of carboxylic acid groups (broad SMARTS) is 1. The van der Waals surface area contributed by atoms with Crippen LogP contribution in [-0.2, 0) is 0 Å². The van der Waals surface area contributed by atoms with Gasteiger partial charge in [-0.15, -0.1) is 0 Å². The number of fused-ring (bicyclic) bond motifs is 1. The Morgan fingerprint density at radius 1 is 1.10 bits per heavy atom. The molecule has 1 saturated carbocycles. The molecule has 0 spiro atoms. The number of aromatic nitrogens is 4. The van der Waals surface area contributed by atoms with Crippen molar-refractivity contribution < 1.29 is 14.7 Å². The Balaban J connectivity index is 1.58. The molecular formula is C19H21N7O3. The molecule has 2 amide bonds. The van der Waals surface area contributed by atoms with Crippen molar-refractivity contribution >= 4 is 23.3 Å². The lowest BCUT2D eigenvalue weighted by Crippen LogP contribution is -2.43. The average molecular weight is 395 g/mol. The number of nitrogens with one attached hydrogen (secondary N) is 2. The van der Waals surface area contributed by atoms with Gasteiger partial charge in [-0.05, 0) is 43.9 Å². The van der Waals surface area contributed by atoms with Crippen molar-refractivity contribution in [3.05, 3.63) is 42.5 Å². The maximum Gasteiger partial charge on any atom is 0.404 e. The summed E-state index contributed by atoms with van der Waals surface area (Å²) >= 11 is 0. The summed E-state index contributed by atoms with van der Waals surface area (Å²) in [6.45, 7) is 0. The lowest BCUT2D eigenvalue weighted by Gasteiger charge is -2.28. The monoisotopic (exact) mass is 395 g/mol. The summed E-state index contributed by atoms with van der Waals surface area (Å²) in [6.07, 6.45) is 6.44. The van der Waals surface area contributed by atoms with Crippen LogP contribution in [0.4, 0.5) is 10.6 Å². The van der Waals surface area contributed by atoms with Crippen molar-refractivity contribution in [2.45, 2.75) is 37.8 Å².